The molecule has 3 rings (SSSR count). The lowest BCUT2D eigenvalue weighted by molar-refractivity contribution is -0.118. The Kier molecular flexibility index (Phi) is 2.12. The molecule has 1 heteroatoms. The van der Waals surface area contributed by atoms with E-state index in [0.717, 1.165) is 31.6 Å². The van der Waals surface area contributed by atoms with Crippen LogP contribution in [0.15, 0.2) is 18.2 Å². The molecule has 0 spiro atoms. The predicted molar refractivity (Wildman–Crippen MR) is 60.1 cm³/mol. The summed E-state index contributed by atoms with van der Waals surface area (Å²) in [6, 6.07) is 6.87. The van der Waals surface area contributed by atoms with Crippen molar-refractivity contribution in [3.05, 3.63) is 34.9 Å². The fraction of sp³-hybridized carbons (Fsp3) is 0.500. The van der Waals surface area contributed by atoms with Crippen LogP contribution in [0, 0.1) is 0 Å². The van der Waals surface area contributed by atoms with E-state index in [9.17, 15) is 4.79 Å². The van der Waals surface area contributed by atoms with Crippen LogP contribution in [0.25, 0.3) is 0 Å². The molecule has 78 valence electrons. The zero-order chi connectivity index (χ0) is 10.3. The summed E-state index contributed by atoms with van der Waals surface area (Å²) in [5.41, 5.74) is 4.35. The minimum Gasteiger partial charge on any atom is -0.300 e. The lowest BCUT2D eigenvalue weighted by Gasteiger charge is -2.07. The number of Topliss-reactive ketones (excluding diaryl/α,β-unsaturated/α-hetero) is 1. The summed E-state index contributed by atoms with van der Waals surface area (Å²) >= 11 is 0. The van der Waals surface area contributed by atoms with Crippen molar-refractivity contribution in [2.75, 3.05) is 0 Å². The molecule has 0 radical (unpaired) electrons. The van der Waals surface area contributed by atoms with Gasteiger partial charge in [-0.05, 0) is 48.3 Å². The zero-order valence-electron chi connectivity index (χ0n) is 8.96. The molecule has 1 aromatic carbocycles. The van der Waals surface area contributed by atoms with Crippen molar-refractivity contribution < 1.29 is 4.79 Å². The summed E-state index contributed by atoms with van der Waals surface area (Å²) in [5.74, 6) is 1.26. The number of ketones is 1. The molecule has 0 bridgehead atoms. The Morgan fingerprint density at radius 3 is 2.40 bits per heavy atom. The molecular formula is C14H16O. The second kappa shape index (κ2) is 3.48. The SMILES string of the molecule is O=C1CCc2ccc(C3CC3)cc2CC1. The maximum absolute atomic E-state index is 11.4. The average molecular weight is 200 g/mol. The minimum absolute atomic E-state index is 0.430. The molecule has 2 aliphatic rings. The molecule has 1 aromatic rings. The molecule has 0 unspecified atom stereocenters. The number of hydrogen-bond donors (Lipinski definition) is 0. The average Bonchev–Trinajstić information content (AvgIpc) is 3.06. The van der Waals surface area contributed by atoms with Crippen LogP contribution in [0.3, 0.4) is 0 Å². The van der Waals surface area contributed by atoms with Crippen LogP contribution in [0.4, 0.5) is 0 Å². The molecule has 0 N–H and O–H groups in total. The molecule has 1 nitrogen and oxygen atoms in total. The summed E-state index contributed by atoms with van der Waals surface area (Å²) in [4.78, 5) is 11.4. The standard InChI is InChI=1S/C14H16O/c15-14-7-5-11-3-4-12(10-1-2-10)9-13(11)6-8-14/h3-4,9-10H,1-2,5-8H2. The predicted octanol–water partition coefficient (Wildman–Crippen LogP) is 3.01. The molecule has 0 atom stereocenters. The molecule has 0 amide bonds. The highest BCUT2D eigenvalue weighted by atomic mass is 16.1. The molecule has 1 saturated carbocycles. The van der Waals surface area contributed by atoms with Crippen molar-refractivity contribution in [1.29, 1.82) is 0 Å². The van der Waals surface area contributed by atoms with Crippen molar-refractivity contribution >= 4 is 5.78 Å². The Bertz CT molecular complexity index is 402. The van der Waals surface area contributed by atoms with Gasteiger partial charge >= 0.3 is 0 Å². The first-order chi connectivity index (χ1) is 7.33. The van der Waals surface area contributed by atoms with Crippen LogP contribution < -0.4 is 0 Å². The lowest BCUT2D eigenvalue weighted by atomic mass is 9.98. The molecule has 1 fully saturated rings. The van der Waals surface area contributed by atoms with E-state index in [2.05, 4.69) is 18.2 Å². The highest BCUT2D eigenvalue weighted by Crippen LogP contribution is 2.40. The van der Waals surface area contributed by atoms with E-state index in [4.69, 9.17) is 0 Å². The first kappa shape index (κ1) is 9.14. The van der Waals surface area contributed by atoms with Gasteiger partial charge in [0.15, 0.2) is 0 Å². The molecule has 0 saturated heterocycles. The van der Waals surface area contributed by atoms with E-state index in [1.807, 2.05) is 0 Å². The van der Waals surface area contributed by atoms with Crippen molar-refractivity contribution in [2.24, 2.45) is 0 Å². The second-order valence-corrected chi connectivity index (χ2v) is 4.84. The third-order valence-electron chi connectivity index (χ3n) is 3.63. The van der Waals surface area contributed by atoms with Crippen molar-refractivity contribution in [3.8, 4) is 0 Å². The number of rotatable bonds is 1. The Morgan fingerprint density at radius 2 is 1.67 bits per heavy atom. The van der Waals surface area contributed by atoms with Crippen molar-refractivity contribution in [2.45, 2.75) is 44.4 Å². The molecular weight excluding hydrogens is 184 g/mol. The monoisotopic (exact) mass is 200 g/mol. The molecule has 2 aliphatic carbocycles. The van der Waals surface area contributed by atoms with Gasteiger partial charge in [0.05, 0.1) is 0 Å². The first-order valence-electron chi connectivity index (χ1n) is 5.96. The van der Waals surface area contributed by atoms with Crippen LogP contribution in [0.2, 0.25) is 0 Å². The van der Waals surface area contributed by atoms with Crippen LogP contribution in [-0.4, -0.2) is 5.78 Å². The van der Waals surface area contributed by atoms with Crippen LogP contribution in [0.1, 0.15) is 48.3 Å². The van der Waals surface area contributed by atoms with Gasteiger partial charge in [-0.2, -0.15) is 0 Å². The van der Waals surface area contributed by atoms with E-state index < -0.39 is 0 Å². The Hall–Kier alpha value is -1.11. The van der Waals surface area contributed by atoms with E-state index in [0.29, 0.717) is 5.78 Å². The molecule has 0 aromatic heterocycles. The number of fused-ring (bicyclic) bond motifs is 1. The Labute approximate surface area is 90.5 Å². The summed E-state index contributed by atoms with van der Waals surface area (Å²) in [6.45, 7) is 0. The zero-order valence-corrected chi connectivity index (χ0v) is 8.96. The third kappa shape index (κ3) is 1.83. The number of carbonyl (C=O) groups is 1. The number of carbonyl (C=O) groups excluding carboxylic acids is 1. The van der Waals surface area contributed by atoms with E-state index in [1.54, 1.807) is 0 Å². The van der Waals surface area contributed by atoms with Gasteiger partial charge < -0.3 is 0 Å². The van der Waals surface area contributed by atoms with Gasteiger partial charge in [0, 0.05) is 12.8 Å². The number of aryl methyl sites for hydroxylation is 2. The summed E-state index contributed by atoms with van der Waals surface area (Å²) < 4.78 is 0. The van der Waals surface area contributed by atoms with Gasteiger partial charge in [-0.15, -0.1) is 0 Å². The van der Waals surface area contributed by atoms with Gasteiger partial charge in [-0.25, -0.2) is 0 Å². The normalized spacial score (nSPS) is 20.9. The summed E-state index contributed by atoms with van der Waals surface area (Å²) in [6.07, 6.45) is 6.14. The topological polar surface area (TPSA) is 17.1 Å². The minimum atomic E-state index is 0.430. The van der Waals surface area contributed by atoms with E-state index in [-0.39, 0.29) is 0 Å². The Morgan fingerprint density at radius 1 is 0.933 bits per heavy atom. The molecule has 0 aliphatic heterocycles. The van der Waals surface area contributed by atoms with Crippen molar-refractivity contribution in [3.63, 3.8) is 0 Å². The highest BCUT2D eigenvalue weighted by Gasteiger charge is 2.24. The van der Waals surface area contributed by atoms with Gasteiger partial charge in [0.25, 0.3) is 0 Å². The fourth-order valence-electron chi connectivity index (χ4n) is 2.47. The molecule has 0 heterocycles. The summed E-state index contributed by atoms with van der Waals surface area (Å²) in [5, 5.41) is 0. The number of hydrogen-bond acceptors (Lipinski definition) is 1. The quantitative estimate of drug-likeness (QED) is 0.637. The second-order valence-electron chi connectivity index (χ2n) is 4.84. The van der Waals surface area contributed by atoms with E-state index in [1.165, 1.54) is 29.5 Å². The van der Waals surface area contributed by atoms with Gasteiger partial charge in [0.2, 0.25) is 0 Å². The largest absolute Gasteiger partial charge is 0.300 e. The smallest absolute Gasteiger partial charge is 0.133 e. The van der Waals surface area contributed by atoms with E-state index >= 15 is 0 Å². The Balaban J connectivity index is 1.93. The number of benzene rings is 1. The van der Waals surface area contributed by atoms with Crippen molar-refractivity contribution in [1.82, 2.24) is 0 Å². The highest BCUT2D eigenvalue weighted by molar-refractivity contribution is 5.79. The fourth-order valence-corrected chi connectivity index (χ4v) is 2.47. The van der Waals surface area contributed by atoms with Gasteiger partial charge in [0.1, 0.15) is 5.78 Å². The van der Waals surface area contributed by atoms with Gasteiger partial charge in [-0.3, -0.25) is 4.79 Å². The maximum Gasteiger partial charge on any atom is 0.133 e. The third-order valence-corrected chi connectivity index (χ3v) is 3.63. The first-order valence-corrected chi connectivity index (χ1v) is 5.96. The van der Waals surface area contributed by atoms with Crippen LogP contribution in [-0.2, 0) is 17.6 Å². The lowest BCUT2D eigenvalue weighted by Crippen LogP contribution is -1.95. The van der Waals surface area contributed by atoms with Gasteiger partial charge in [-0.1, -0.05) is 18.2 Å². The van der Waals surface area contributed by atoms with Crippen LogP contribution in [0.5, 0.6) is 0 Å². The van der Waals surface area contributed by atoms with Crippen LogP contribution >= 0.6 is 0 Å². The molecule has 15 heavy (non-hydrogen) atoms. The maximum atomic E-state index is 11.4. The summed E-state index contributed by atoms with van der Waals surface area (Å²) in [7, 11) is 0.